The normalized spacial score (nSPS) is 11.0. The molecule has 6 nitrogen and oxygen atoms in total. The number of para-hydroxylation sites is 2. The molecule has 2 heterocycles. The number of carbonyl (C=O) groups is 1. The van der Waals surface area contributed by atoms with E-state index in [0.29, 0.717) is 27.7 Å². The molecule has 5 aromatic rings. The molecule has 0 bridgehead atoms. The maximum Gasteiger partial charge on any atom is 0.347 e. The fourth-order valence-electron chi connectivity index (χ4n) is 3.30. The van der Waals surface area contributed by atoms with Crippen molar-refractivity contribution in [1.82, 2.24) is 9.97 Å². The molecule has 0 fully saturated rings. The van der Waals surface area contributed by atoms with Crippen LogP contribution in [-0.4, -0.2) is 15.9 Å². The molecule has 0 atom stereocenters. The zero-order valence-electron chi connectivity index (χ0n) is 15.2. The second-order valence-electron chi connectivity index (χ2n) is 6.60. The predicted molar refractivity (Wildman–Crippen MR) is 112 cm³/mol. The molecule has 1 amide bonds. The molecular weight excluding hydrogens is 366 g/mol. The van der Waals surface area contributed by atoms with E-state index >= 15 is 0 Å². The minimum Gasteiger partial charge on any atom is -0.403 e. The summed E-state index contributed by atoms with van der Waals surface area (Å²) in [4.78, 5) is 32.7. The van der Waals surface area contributed by atoms with Crippen LogP contribution >= 0.6 is 0 Å². The number of hydrogen-bond donors (Lipinski definition) is 2. The van der Waals surface area contributed by atoms with E-state index in [9.17, 15) is 9.59 Å². The quantitative estimate of drug-likeness (QED) is 0.478. The van der Waals surface area contributed by atoms with Gasteiger partial charge in [0.2, 0.25) is 5.89 Å². The standard InChI is InChI=1S/C23H15N3O3/c27-21(15-10-9-14-11-12-24-20(14)13-15)25-18-7-3-1-5-16(18)22-26-19-8-4-2-6-17(19)23(28)29-22/h1-13,24H,(H,25,27). The van der Waals surface area contributed by atoms with Crippen molar-refractivity contribution in [2.75, 3.05) is 5.32 Å². The Balaban J connectivity index is 1.54. The summed E-state index contributed by atoms with van der Waals surface area (Å²) in [5.74, 6) is -0.110. The van der Waals surface area contributed by atoms with Gasteiger partial charge in [-0.3, -0.25) is 4.79 Å². The first-order chi connectivity index (χ1) is 14.2. The van der Waals surface area contributed by atoms with Crippen LogP contribution in [0.25, 0.3) is 33.3 Å². The highest BCUT2D eigenvalue weighted by molar-refractivity contribution is 6.07. The largest absolute Gasteiger partial charge is 0.403 e. The number of aromatic nitrogens is 2. The number of fused-ring (bicyclic) bond motifs is 2. The molecule has 29 heavy (non-hydrogen) atoms. The second kappa shape index (κ2) is 6.76. The highest BCUT2D eigenvalue weighted by Gasteiger charge is 2.15. The lowest BCUT2D eigenvalue weighted by atomic mass is 10.1. The van der Waals surface area contributed by atoms with Crippen LogP contribution in [0.4, 0.5) is 5.69 Å². The monoisotopic (exact) mass is 381 g/mol. The molecule has 0 unspecified atom stereocenters. The van der Waals surface area contributed by atoms with Gasteiger partial charge in [0.15, 0.2) is 0 Å². The SMILES string of the molecule is O=C(Nc1ccccc1-c1nc2ccccc2c(=O)o1)c1ccc2cc[nH]c2c1. The molecule has 5 rings (SSSR count). The highest BCUT2D eigenvalue weighted by atomic mass is 16.4. The second-order valence-corrected chi connectivity index (χ2v) is 6.60. The summed E-state index contributed by atoms with van der Waals surface area (Å²) >= 11 is 0. The van der Waals surface area contributed by atoms with Crippen molar-refractivity contribution in [2.45, 2.75) is 0 Å². The molecule has 3 aromatic carbocycles. The number of nitrogens with zero attached hydrogens (tertiary/aromatic N) is 1. The summed E-state index contributed by atoms with van der Waals surface area (Å²) < 4.78 is 5.43. The molecule has 0 saturated carbocycles. The van der Waals surface area contributed by atoms with E-state index in [1.807, 2.05) is 24.4 Å². The van der Waals surface area contributed by atoms with Crippen LogP contribution in [0.3, 0.4) is 0 Å². The van der Waals surface area contributed by atoms with Gasteiger partial charge in [0.05, 0.1) is 22.2 Å². The van der Waals surface area contributed by atoms with Crippen molar-refractivity contribution in [2.24, 2.45) is 0 Å². The van der Waals surface area contributed by atoms with Gasteiger partial charge in [-0.05, 0) is 47.9 Å². The minimum absolute atomic E-state index is 0.157. The van der Waals surface area contributed by atoms with Crippen LogP contribution in [0.1, 0.15) is 10.4 Å². The molecule has 0 spiro atoms. The van der Waals surface area contributed by atoms with E-state index in [0.717, 1.165) is 10.9 Å². The predicted octanol–water partition coefficient (Wildman–Crippen LogP) is 4.59. The summed E-state index contributed by atoms with van der Waals surface area (Å²) in [5.41, 5.74) is 2.51. The van der Waals surface area contributed by atoms with Crippen molar-refractivity contribution in [3.8, 4) is 11.5 Å². The lowest BCUT2D eigenvalue weighted by molar-refractivity contribution is 0.102. The first kappa shape index (κ1) is 16.9. The zero-order valence-corrected chi connectivity index (χ0v) is 15.2. The van der Waals surface area contributed by atoms with Crippen LogP contribution < -0.4 is 10.9 Å². The Hall–Kier alpha value is -4.19. The van der Waals surface area contributed by atoms with Gasteiger partial charge in [-0.1, -0.05) is 30.3 Å². The van der Waals surface area contributed by atoms with Gasteiger partial charge < -0.3 is 14.7 Å². The Kier molecular flexibility index (Phi) is 3.95. The molecule has 0 radical (unpaired) electrons. The van der Waals surface area contributed by atoms with Gasteiger partial charge in [-0.15, -0.1) is 0 Å². The first-order valence-electron chi connectivity index (χ1n) is 9.07. The number of benzene rings is 3. The van der Waals surface area contributed by atoms with Crippen LogP contribution in [0.2, 0.25) is 0 Å². The van der Waals surface area contributed by atoms with Crippen molar-refractivity contribution >= 4 is 33.4 Å². The average molecular weight is 381 g/mol. The number of aromatic amines is 1. The Bertz CT molecular complexity index is 1430. The van der Waals surface area contributed by atoms with E-state index in [4.69, 9.17) is 4.42 Å². The van der Waals surface area contributed by atoms with Crippen molar-refractivity contribution in [3.63, 3.8) is 0 Å². The molecule has 0 saturated heterocycles. The molecule has 140 valence electrons. The fraction of sp³-hybridized carbons (Fsp3) is 0. The van der Waals surface area contributed by atoms with E-state index in [1.165, 1.54) is 0 Å². The summed E-state index contributed by atoms with van der Waals surface area (Å²) in [7, 11) is 0. The summed E-state index contributed by atoms with van der Waals surface area (Å²) in [5, 5.41) is 4.34. The van der Waals surface area contributed by atoms with Crippen LogP contribution in [0, 0.1) is 0 Å². The van der Waals surface area contributed by atoms with Crippen LogP contribution in [-0.2, 0) is 0 Å². The summed E-state index contributed by atoms with van der Waals surface area (Å²) in [6.45, 7) is 0. The molecular formula is C23H15N3O3. The van der Waals surface area contributed by atoms with Crippen molar-refractivity contribution in [1.29, 1.82) is 0 Å². The Labute approximate surface area is 164 Å². The van der Waals surface area contributed by atoms with E-state index in [-0.39, 0.29) is 11.8 Å². The maximum absolute atomic E-state index is 12.8. The van der Waals surface area contributed by atoms with Gasteiger partial charge in [0, 0.05) is 17.3 Å². The van der Waals surface area contributed by atoms with Gasteiger partial charge in [-0.2, -0.15) is 0 Å². The summed E-state index contributed by atoms with van der Waals surface area (Å²) in [6, 6.07) is 21.5. The molecule has 0 aliphatic carbocycles. The fourth-order valence-corrected chi connectivity index (χ4v) is 3.30. The molecule has 2 aromatic heterocycles. The number of amides is 1. The van der Waals surface area contributed by atoms with E-state index < -0.39 is 5.63 Å². The van der Waals surface area contributed by atoms with E-state index in [1.54, 1.807) is 54.6 Å². The maximum atomic E-state index is 12.8. The van der Waals surface area contributed by atoms with Gasteiger partial charge in [0.25, 0.3) is 5.91 Å². The highest BCUT2D eigenvalue weighted by Crippen LogP contribution is 2.27. The minimum atomic E-state index is -0.469. The number of H-pyrrole nitrogens is 1. The zero-order chi connectivity index (χ0) is 19.8. The molecule has 6 heteroatoms. The number of nitrogens with one attached hydrogen (secondary N) is 2. The van der Waals surface area contributed by atoms with Crippen molar-refractivity contribution in [3.05, 3.63) is 95.0 Å². The van der Waals surface area contributed by atoms with Crippen LogP contribution in [0.15, 0.2) is 88.2 Å². The third-order valence-corrected chi connectivity index (χ3v) is 4.76. The average Bonchev–Trinajstić information content (AvgIpc) is 3.22. The number of rotatable bonds is 3. The number of anilines is 1. The van der Waals surface area contributed by atoms with Gasteiger partial charge in [0.1, 0.15) is 0 Å². The molecule has 2 N–H and O–H groups in total. The van der Waals surface area contributed by atoms with Crippen molar-refractivity contribution < 1.29 is 9.21 Å². The van der Waals surface area contributed by atoms with Crippen LogP contribution in [0.5, 0.6) is 0 Å². The first-order valence-corrected chi connectivity index (χ1v) is 9.07. The molecule has 0 aliphatic rings. The number of carbonyl (C=O) groups excluding carboxylic acids is 1. The third-order valence-electron chi connectivity index (χ3n) is 4.76. The lowest BCUT2D eigenvalue weighted by Crippen LogP contribution is -2.13. The smallest absolute Gasteiger partial charge is 0.347 e. The third kappa shape index (κ3) is 3.06. The summed E-state index contributed by atoms with van der Waals surface area (Å²) in [6.07, 6.45) is 1.83. The van der Waals surface area contributed by atoms with Gasteiger partial charge in [-0.25, -0.2) is 9.78 Å². The lowest BCUT2D eigenvalue weighted by Gasteiger charge is -2.10. The topological polar surface area (TPSA) is 88.0 Å². The Morgan fingerprint density at radius 2 is 1.79 bits per heavy atom. The Morgan fingerprint density at radius 1 is 0.966 bits per heavy atom. The Morgan fingerprint density at radius 3 is 2.72 bits per heavy atom. The number of hydrogen-bond acceptors (Lipinski definition) is 4. The molecule has 0 aliphatic heterocycles. The van der Waals surface area contributed by atoms with E-state index in [2.05, 4.69) is 15.3 Å². The van der Waals surface area contributed by atoms with Gasteiger partial charge >= 0.3 is 5.63 Å².